The van der Waals surface area contributed by atoms with Crippen LogP contribution in [0.5, 0.6) is 0 Å². The first-order valence-corrected chi connectivity index (χ1v) is 5.88. The molecular weight excluding hydrogens is 186 g/mol. The summed E-state index contributed by atoms with van der Waals surface area (Å²) in [5, 5.41) is 7.75. The van der Waals surface area contributed by atoms with Gasteiger partial charge in [0.1, 0.15) is 0 Å². The first-order chi connectivity index (χ1) is 7.13. The lowest BCUT2D eigenvalue weighted by Gasteiger charge is -2.32. The van der Waals surface area contributed by atoms with Gasteiger partial charge < -0.3 is 5.32 Å². The molecule has 3 atom stereocenters. The van der Waals surface area contributed by atoms with Gasteiger partial charge in [0.05, 0.1) is 11.9 Å². The van der Waals surface area contributed by atoms with Crippen LogP contribution in [0.2, 0.25) is 0 Å². The molecule has 0 bridgehead atoms. The van der Waals surface area contributed by atoms with Crippen LogP contribution in [0.25, 0.3) is 0 Å². The van der Waals surface area contributed by atoms with Gasteiger partial charge in [-0.1, -0.05) is 13.8 Å². The van der Waals surface area contributed by atoms with E-state index in [0.29, 0.717) is 6.04 Å². The monoisotopic (exact) mass is 207 g/mol. The van der Waals surface area contributed by atoms with Crippen LogP contribution in [0.15, 0.2) is 12.4 Å². The third-order valence-corrected chi connectivity index (χ3v) is 3.25. The molecular formula is C12H21N3. The van der Waals surface area contributed by atoms with Crippen LogP contribution in [0.1, 0.15) is 33.1 Å². The third kappa shape index (κ3) is 2.74. The lowest BCUT2D eigenvalue weighted by Crippen LogP contribution is -2.30. The maximum absolute atomic E-state index is 4.17. The van der Waals surface area contributed by atoms with E-state index in [9.17, 15) is 0 Å². The Hall–Kier alpha value is -0.990. The molecule has 1 heterocycles. The fourth-order valence-electron chi connectivity index (χ4n) is 2.80. The minimum absolute atomic E-state index is 0.632. The van der Waals surface area contributed by atoms with E-state index >= 15 is 0 Å². The van der Waals surface area contributed by atoms with Crippen LogP contribution >= 0.6 is 0 Å². The first kappa shape index (κ1) is 10.5. The van der Waals surface area contributed by atoms with E-state index < -0.39 is 0 Å². The molecule has 0 aliphatic heterocycles. The van der Waals surface area contributed by atoms with Crippen molar-refractivity contribution < 1.29 is 0 Å². The highest BCUT2D eigenvalue weighted by atomic mass is 15.3. The van der Waals surface area contributed by atoms with Gasteiger partial charge in [0, 0.05) is 19.3 Å². The molecule has 1 aromatic rings. The van der Waals surface area contributed by atoms with Gasteiger partial charge in [0.2, 0.25) is 0 Å². The van der Waals surface area contributed by atoms with Gasteiger partial charge in [-0.05, 0) is 31.1 Å². The summed E-state index contributed by atoms with van der Waals surface area (Å²) in [5.41, 5.74) is 1.16. The van der Waals surface area contributed by atoms with Gasteiger partial charge in [-0.2, -0.15) is 5.10 Å². The number of hydrogen-bond acceptors (Lipinski definition) is 2. The second-order valence-electron chi connectivity index (χ2n) is 5.16. The van der Waals surface area contributed by atoms with Gasteiger partial charge in [-0.15, -0.1) is 0 Å². The van der Waals surface area contributed by atoms with Crippen molar-refractivity contribution in [2.75, 3.05) is 5.32 Å². The normalized spacial score (nSPS) is 31.5. The molecule has 1 unspecified atom stereocenters. The number of nitrogens with zero attached hydrogens (tertiary/aromatic N) is 2. The van der Waals surface area contributed by atoms with E-state index in [0.717, 1.165) is 17.5 Å². The maximum Gasteiger partial charge on any atom is 0.0728 e. The van der Waals surface area contributed by atoms with Crippen LogP contribution in [-0.2, 0) is 7.05 Å². The summed E-state index contributed by atoms with van der Waals surface area (Å²) in [4.78, 5) is 0. The Kier molecular flexibility index (Phi) is 2.98. The van der Waals surface area contributed by atoms with Crippen LogP contribution in [0, 0.1) is 11.8 Å². The largest absolute Gasteiger partial charge is 0.380 e. The molecule has 1 aliphatic carbocycles. The summed E-state index contributed by atoms with van der Waals surface area (Å²) >= 11 is 0. The maximum atomic E-state index is 4.17. The van der Waals surface area contributed by atoms with Crippen LogP contribution in [0.3, 0.4) is 0 Å². The average molecular weight is 207 g/mol. The van der Waals surface area contributed by atoms with E-state index in [1.807, 2.05) is 24.1 Å². The van der Waals surface area contributed by atoms with Gasteiger partial charge in [-0.3, -0.25) is 4.68 Å². The second kappa shape index (κ2) is 4.25. The summed E-state index contributed by atoms with van der Waals surface area (Å²) in [7, 11) is 1.96. The predicted molar refractivity (Wildman–Crippen MR) is 62.8 cm³/mol. The Morgan fingerprint density at radius 3 is 2.47 bits per heavy atom. The molecule has 1 saturated carbocycles. The minimum atomic E-state index is 0.632. The molecule has 0 spiro atoms. The third-order valence-electron chi connectivity index (χ3n) is 3.25. The fourth-order valence-corrected chi connectivity index (χ4v) is 2.80. The van der Waals surface area contributed by atoms with E-state index in [-0.39, 0.29) is 0 Å². The van der Waals surface area contributed by atoms with Crippen LogP contribution in [0.4, 0.5) is 5.69 Å². The number of hydrogen-bond donors (Lipinski definition) is 1. The van der Waals surface area contributed by atoms with Gasteiger partial charge in [0.25, 0.3) is 0 Å². The molecule has 1 fully saturated rings. The highest BCUT2D eigenvalue weighted by Crippen LogP contribution is 2.30. The Morgan fingerprint density at radius 1 is 1.27 bits per heavy atom. The number of aromatic nitrogens is 2. The number of rotatable bonds is 2. The van der Waals surface area contributed by atoms with Crippen molar-refractivity contribution in [1.29, 1.82) is 0 Å². The lowest BCUT2D eigenvalue weighted by atomic mass is 9.80. The molecule has 1 aliphatic rings. The van der Waals surface area contributed by atoms with Crippen molar-refractivity contribution in [2.45, 2.75) is 39.2 Å². The summed E-state index contributed by atoms with van der Waals surface area (Å²) < 4.78 is 1.85. The smallest absolute Gasteiger partial charge is 0.0728 e. The molecule has 84 valence electrons. The van der Waals surface area contributed by atoms with Crippen LogP contribution < -0.4 is 5.32 Å². The highest BCUT2D eigenvalue weighted by Gasteiger charge is 2.23. The zero-order valence-electron chi connectivity index (χ0n) is 9.90. The fraction of sp³-hybridized carbons (Fsp3) is 0.750. The van der Waals surface area contributed by atoms with Crippen molar-refractivity contribution in [2.24, 2.45) is 18.9 Å². The molecule has 15 heavy (non-hydrogen) atoms. The zero-order valence-corrected chi connectivity index (χ0v) is 9.90. The molecule has 0 radical (unpaired) electrons. The predicted octanol–water partition coefficient (Wildman–Crippen LogP) is 2.66. The molecule has 3 nitrogen and oxygen atoms in total. The lowest BCUT2D eigenvalue weighted by molar-refractivity contribution is 0.281. The van der Waals surface area contributed by atoms with Gasteiger partial charge in [0.15, 0.2) is 0 Å². The van der Waals surface area contributed by atoms with Crippen molar-refractivity contribution in [3.63, 3.8) is 0 Å². The van der Waals surface area contributed by atoms with Crippen LogP contribution in [-0.4, -0.2) is 15.8 Å². The average Bonchev–Trinajstić information content (AvgIpc) is 2.49. The van der Waals surface area contributed by atoms with E-state index in [4.69, 9.17) is 0 Å². The van der Waals surface area contributed by atoms with E-state index in [2.05, 4.69) is 24.3 Å². The first-order valence-electron chi connectivity index (χ1n) is 5.88. The van der Waals surface area contributed by atoms with Gasteiger partial charge >= 0.3 is 0 Å². The Bertz CT molecular complexity index is 308. The number of aryl methyl sites for hydroxylation is 1. The number of nitrogens with one attached hydrogen (secondary N) is 1. The summed E-state index contributed by atoms with van der Waals surface area (Å²) in [6.07, 6.45) is 7.91. The summed E-state index contributed by atoms with van der Waals surface area (Å²) in [6, 6.07) is 0.632. The molecule has 0 aromatic carbocycles. The standard InChI is InChI=1S/C12H21N3/c1-9-4-10(2)6-11(5-9)14-12-7-13-15(3)8-12/h7-11,14H,4-6H2,1-3H3/t9-,10+,11?. The summed E-state index contributed by atoms with van der Waals surface area (Å²) in [5.74, 6) is 1.70. The Morgan fingerprint density at radius 2 is 1.93 bits per heavy atom. The zero-order chi connectivity index (χ0) is 10.8. The minimum Gasteiger partial charge on any atom is -0.380 e. The molecule has 2 rings (SSSR count). The van der Waals surface area contributed by atoms with Crippen molar-refractivity contribution >= 4 is 5.69 Å². The van der Waals surface area contributed by atoms with Crippen molar-refractivity contribution in [1.82, 2.24) is 9.78 Å². The van der Waals surface area contributed by atoms with Gasteiger partial charge in [-0.25, -0.2) is 0 Å². The molecule has 0 saturated heterocycles. The molecule has 1 N–H and O–H groups in total. The van der Waals surface area contributed by atoms with E-state index in [1.165, 1.54) is 19.3 Å². The highest BCUT2D eigenvalue weighted by molar-refractivity contribution is 5.39. The van der Waals surface area contributed by atoms with Crippen molar-refractivity contribution in [3.8, 4) is 0 Å². The second-order valence-corrected chi connectivity index (χ2v) is 5.16. The molecule has 0 amide bonds. The van der Waals surface area contributed by atoms with Crippen molar-refractivity contribution in [3.05, 3.63) is 12.4 Å². The quantitative estimate of drug-likeness (QED) is 0.808. The SMILES string of the molecule is C[C@@H]1CC(Nc2cnn(C)c2)C[C@H](C)C1. The topological polar surface area (TPSA) is 29.9 Å². The van der Waals surface area contributed by atoms with E-state index in [1.54, 1.807) is 0 Å². The Labute approximate surface area is 91.9 Å². The molecule has 1 aromatic heterocycles. The molecule has 3 heteroatoms. The summed E-state index contributed by atoms with van der Waals surface area (Å²) in [6.45, 7) is 4.71. The Balaban J connectivity index is 1.94. The number of anilines is 1.